The Morgan fingerprint density at radius 3 is 2.15 bits per heavy atom. The molecular formula is C11H9BrN6S2. The number of rotatable bonds is 5. The molecule has 3 rings (SSSR count). The van der Waals surface area contributed by atoms with E-state index >= 15 is 0 Å². The number of hydrogen-bond acceptors (Lipinski definition) is 8. The molecule has 6 nitrogen and oxygen atoms in total. The van der Waals surface area contributed by atoms with E-state index in [9.17, 15) is 0 Å². The molecule has 0 unspecified atom stereocenters. The van der Waals surface area contributed by atoms with Crippen molar-refractivity contribution >= 4 is 48.9 Å². The van der Waals surface area contributed by atoms with E-state index in [1.165, 1.54) is 22.7 Å². The number of benzene rings is 1. The fraction of sp³-hybridized carbons (Fsp3) is 0.0909. The summed E-state index contributed by atoms with van der Waals surface area (Å²) in [6.07, 6.45) is -0.159. The second-order valence-electron chi connectivity index (χ2n) is 3.76. The van der Waals surface area contributed by atoms with Gasteiger partial charge in [-0.1, -0.05) is 50.7 Å². The summed E-state index contributed by atoms with van der Waals surface area (Å²) in [6.45, 7) is 0. The summed E-state index contributed by atoms with van der Waals surface area (Å²) in [7, 11) is 0. The Bertz CT molecular complexity index is 621. The first-order chi connectivity index (χ1) is 9.81. The highest BCUT2D eigenvalue weighted by Crippen LogP contribution is 2.25. The van der Waals surface area contributed by atoms with Gasteiger partial charge < -0.3 is 10.6 Å². The van der Waals surface area contributed by atoms with Crippen molar-refractivity contribution in [3.05, 3.63) is 45.3 Å². The summed E-state index contributed by atoms with van der Waals surface area (Å²) in [5.41, 5.74) is 4.43. The van der Waals surface area contributed by atoms with Crippen molar-refractivity contribution in [2.75, 3.05) is 10.6 Å². The molecule has 0 radical (unpaired) electrons. The van der Waals surface area contributed by atoms with E-state index in [-0.39, 0.29) is 6.17 Å². The van der Waals surface area contributed by atoms with E-state index in [2.05, 4.69) is 47.0 Å². The van der Waals surface area contributed by atoms with Gasteiger partial charge in [-0.15, -0.1) is 20.4 Å². The maximum atomic E-state index is 4.01. The predicted octanol–water partition coefficient (Wildman–Crippen LogP) is 3.37. The molecule has 102 valence electrons. The first-order valence-electron chi connectivity index (χ1n) is 5.62. The Morgan fingerprint density at radius 1 is 1.00 bits per heavy atom. The monoisotopic (exact) mass is 368 g/mol. The molecule has 0 saturated heterocycles. The summed E-state index contributed by atoms with van der Waals surface area (Å²) >= 11 is 6.37. The Labute approximate surface area is 131 Å². The third kappa shape index (κ3) is 3.30. The quantitative estimate of drug-likeness (QED) is 0.672. The van der Waals surface area contributed by atoms with Crippen LogP contribution in [0.1, 0.15) is 11.7 Å². The molecule has 0 aliphatic rings. The lowest BCUT2D eigenvalue weighted by molar-refractivity contribution is 0.878. The van der Waals surface area contributed by atoms with Crippen LogP contribution in [0.2, 0.25) is 0 Å². The minimum absolute atomic E-state index is 0.159. The molecule has 0 aliphatic carbocycles. The summed E-state index contributed by atoms with van der Waals surface area (Å²) in [5, 5.41) is 23.7. The van der Waals surface area contributed by atoms with Crippen LogP contribution >= 0.6 is 38.6 Å². The minimum atomic E-state index is -0.159. The van der Waals surface area contributed by atoms with Crippen LogP contribution < -0.4 is 10.6 Å². The summed E-state index contributed by atoms with van der Waals surface area (Å²) in [6, 6.07) is 8.02. The van der Waals surface area contributed by atoms with Gasteiger partial charge >= 0.3 is 0 Å². The third-order valence-electron chi connectivity index (χ3n) is 2.44. The van der Waals surface area contributed by atoms with Crippen LogP contribution in [-0.4, -0.2) is 20.4 Å². The van der Waals surface area contributed by atoms with Crippen molar-refractivity contribution in [1.82, 2.24) is 20.4 Å². The van der Waals surface area contributed by atoms with Crippen molar-refractivity contribution < 1.29 is 0 Å². The van der Waals surface area contributed by atoms with Crippen LogP contribution in [-0.2, 0) is 0 Å². The molecule has 0 amide bonds. The van der Waals surface area contributed by atoms with E-state index < -0.39 is 0 Å². The molecule has 0 spiro atoms. The Balaban J connectivity index is 1.86. The number of hydrogen-bond donors (Lipinski definition) is 2. The molecule has 0 bridgehead atoms. The fourth-order valence-electron chi connectivity index (χ4n) is 1.61. The summed E-state index contributed by atoms with van der Waals surface area (Å²) in [4.78, 5) is 0. The predicted molar refractivity (Wildman–Crippen MR) is 83.9 cm³/mol. The molecule has 20 heavy (non-hydrogen) atoms. The largest absolute Gasteiger partial charge is 0.336 e. The average Bonchev–Trinajstić information content (AvgIpc) is 3.11. The van der Waals surface area contributed by atoms with Gasteiger partial charge in [0.15, 0.2) is 0 Å². The normalized spacial score (nSPS) is 10.7. The number of aromatic nitrogens is 4. The smallest absolute Gasteiger partial charge is 0.207 e. The lowest BCUT2D eigenvalue weighted by Gasteiger charge is -2.19. The molecule has 0 saturated carbocycles. The Morgan fingerprint density at radius 2 is 1.65 bits per heavy atom. The average molecular weight is 369 g/mol. The van der Waals surface area contributed by atoms with Gasteiger partial charge in [-0.25, -0.2) is 0 Å². The van der Waals surface area contributed by atoms with Gasteiger partial charge in [-0.3, -0.25) is 0 Å². The molecule has 0 atom stereocenters. The zero-order chi connectivity index (χ0) is 13.8. The van der Waals surface area contributed by atoms with Crippen molar-refractivity contribution in [3.8, 4) is 0 Å². The van der Waals surface area contributed by atoms with Crippen LogP contribution in [0.25, 0.3) is 0 Å². The van der Waals surface area contributed by atoms with E-state index in [1.807, 2.05) is 24.3 Å². The molecule has 0 fully saturated rings. The van der Waals surface area contributed by atoms with Crippen molar-refractivity contribution in [3.63, 3.8) is 0 Å². The van der Waals surface area contributed by atoms with Gasteiger partial charge in [0, 0.05) is 4.47 Å². The van der Waals surface area contributed by atoms with Gasteiger partial charge in [-0.2, -0.15) is 0 Å². The lowest BCUT2D eigenvalue weighted by Crippen LogP contribution is -2.19. The van der Waals surface area contributed by atoms with E-state index in [4.69, 9.17) is 0 Å². The van der Waals surface area contributed by atoms with Gasteiger partial charge in [0.2, 0.25) is 10.3 Å². The van der Waals surface area contributed by atoms with Crippen LogP contribution in [0.3, 0.4) is 0 Å². The van der Waals surface area contributed by atoms with Crippen molar-refractivity contribution in [2.24, 2.45) is 0 Å². The zero-order valence-electron chi connectivity index (χ0n) is 10.0. The lowest BCUT2D eigenvalue weighted by atomic mass is 10.2. The van der Waals surface area contributed by atoms with Gasteiger partial charge in [0.05, 0.1) is 0 Å². The van der Waals surface area contributed by atoms with Crippen LogP contribution in [0.4, 0.5) is 10.3 Å². The number of halogens is 1. The number of nitrogens with one attached hydrogen (secondary N) is 2. The molecule has 2 aromatic heterocycles. The van der Waals surface area contributed by atoms with E-state index in [0.29, 0.717) is 0 Å². The molecular weight excluding hydrogens is 360 g/mol. The van der Waals surface area contributed by atoms with Crippen molar-refractivity contribution in [1.29, 1.82) is 0 Å². The zero-order valence-corrected chi connectivity index (χ0v) is 13.2. The van der Waals surface area contributed by atoms with E-state index in [0.717, 1.165) is 20.3 Å². The van der Waals surface area contributed by atoms with Crippen LogP contribution in [0.15, 0.2) is 39.8 Å². The SMILES string of the molecule is Brc1cccc(C(Nc2nncs2)Nc2nncs2)c1. The van der Waals surface area contributed by atoms with Crippen LogP contribution in [0.5, 0.6) is 0 Å². The number of anilines is 2. The minimum Gasteiger partial charge on any atom is -0.336 e. The van der Waals surface area contributed by atoms with Crippen molar-refractivity contribution in [2.45, 2.75) is 6.17 Å². The maximum absolute atomic E-state index is 4.01. The Kier molecular flexibility index (Phi) is 4.19. The summed E-state index contributed by atoms with van der Waals surface area (Å²) < 4.78 is 1.01. The maximum Gasteiger partial charge on any atom is 0.207 e. The van der Waals surface area contributed by atoms with Gasteiger partial charge in [0.1, 0.15) is 17.2 Å². The molecule has 9 heteroatoms. The molecule has 3 aromatic rings. The highest BCUT2D eigenvalue weighted by Gasteiger charge is 2.14. The standard InChI is InChI=1S/C11H9BrN6S2/c12-8-3-1-2-7(4-8)9(15-10-17-13-5-19-10)16-11-18-14-6-20-11/h1-6,9H,(H,15,17)(H,16,18). The van der Waals surface area contributed by atoms with Gasteiger partial charge in [-0.05, 0) is 17.7 Å². The number of nitrogens with zero attached hydrogens (tertiary/aromatic N) is 4. The fourth-order valence-corrected chi connectivity index (χ4v) is 2.97. The van der Waals surface area contributed by atoms with E-state index in [1.54, 1.807) is 11.0 Å². The second-order valence-corrected chi connectivity index (χ2v) is 6.35. The topological polar surface area (TPSA) is 75.6 Å². The molecule has 2 N–H and O–H groups in total. The molecule has 2 heterocycles. The first kappa shape index (κ1) is 13.4. The van der Waals surface area contributed by atoms with Gasteiger partial charge in [0.25, 0.3) is 0 Å². The third-order valence-corrected chi connectivity index (χ3v) is 4.18. The molecule has 1 aromatic carbocycles. The Hall–Kier alpha value is -1.58. The molecule has 0 aliphatic heterocycles. The second kappa shape index (κ2) is 6.25. The summed E-state index contributed by atoms with van der Waals surface area (Å²) in [5.74, 6) is 0. The highest BCUT2D eigenvalue weighted by molar-refractivity contribution is 9.10. The van der Waals surface area contributed by atoms with Crippen LogP contribution in [0, 0.1) is 0 Å². The first-order valence-corrected chi connectivity index (χ1v) is 8.17. The highest BCUT2D eigenvalue weighted by atomic mass is 79.9.